The van der Waals surface area contributed by atoms with Crippen LogP contribution in [0, 0.1) is 0 Å². The van der Waals surface area contributed by atoms with E-state index >= 15 is 0 Å². The molecule has 0 fully saturated rings. The maximum Gasteiger partial charge on any atom is 0.406 e. The van der Waals surface area contributed by atoms with Crippen LogP contribution in [0.5, 0.6) is 0 Å². The molecule has 0 heterocycles. The predicted octanol–water partition coefficient (Wildman–Crippen LogP) is 4.03. The zero-order valence-electron chi connectivity index (χ0n) is 6.21. The van der Waals surface area contributed by atoms with E-state index in [0.29, 0.717) is 0 Å². The van der Waals surface area contributed by atoms with E-state index in [4.69, 9.17) is 0 Å². The van der Waals surface area contributed by atoms with Crippen LogP contribution in [0.1, 0.15) is 13.3 Å². The van der Waals surface area contributed by atoms with Crippen LogP contribution in [0.3, 0.4) is 0 Å². The number of halogens is 4. The molecule has 74 valence electrons. The monoisotopic (exact) mass is 226 g/mol. The quantitative estimate of drug-likeness (QED) is 0.535. The molecule has 0 rings (SSSR count). The first-order chi connectivity index (χ1) is 5.17. The van der Waals surface area contributed by atoms with Gasteiger partial charge in [0.15, 0.2) is 0 Å². The third-order valence-corrected chi connectivity index (χ3v) is 3.87. The first-order valence-corrected chi connectivity index (χ1v) is 6.37. The Kier molecular flexibility index (Phi) is 3.98. The number of hydrogen-bond acceptors (Lipinski definition) is 2. The van der Waals surface area contributed by atoms with E-state index < -0.39 is 27.3 Å². The predicted molar refractivity (Wildman–Crippen MR) is 38.6 cm³/mol. The molecule has 0 saturated carbocycles. The molecule has 12 heavy (non-hydrogen) atoms. The Morgan fingerprint density at radius 3 is 1.67 bits per heavy atom. The fraction of sp³-hybridized carbons (Fsp3) is 1.00. The highest BCUT2D eigenvalue weighted by Crippen LogP contribution is 2.61. The molecule has 0 aliphatic heterocycles. The van der Waals surface area contributed by atoms with Crippen LogP contribution in [0.4, 0.5) is 16.8 Å². The molecule has 0 bridgehead atoms. The summed E-state index contributed by atoms with van der Waals surface area (Å²) in [6.45, 7) is 1.20. The van der Waals surface area contributed by atoms with E-state index in [2.05, 4.69) is 0 Å². The van der Waals surface area contributed by atoms with E-state index in [1.54, 1.807) is 0 Å². The summed E-state index contributed by atoms with van der Waals surface area (Å²) in [5, 5.41) is 0. The first-order valence-electron chi connectivity index (χ1n) is 3.14. The lowest BCUT2D eigenvalue weighted by Gasteiger charge is -2.11. The fourth-order valence-corrected chi connectivity index (χ4v) is 3.19. The van der Waals surface area contributed by atoms with Crippen molar-refractivity contribution in [1.82, 2.24) is 0 Å². The topological polar surface area (TPSA) is 34.1 Å². The van der Waals surface area contributed by atoms with Crippen molar-refractivity contribution in [1.29, 1.82) is 0 Å². The Bertz CT molecular complexity index is 231. The largest absolute Gasteiger partial charge is 0.406 e. The molecule has 0 spiro atoms. The van der Waals surface area contributed by atoms with E-state index in [0.717, 1.165) is 0 Å². The van der Waals surface area contributed by atoms with Crippen molar-refractivity contribution in [3.63, 3.8) is 0 Å². The van der Waals surface area contributed by atoms with Crippen LogP contribution in [0.15, 0.2) is 0 Å². The van der Waals surface area contributed by atoms with Gasteiger partial charge < -0.3 is 0 Å². The first kappa shape index (κ1) is 12.2. The molecule has 0 saturated heterocycles. The van der Waals surface area contributed by atoms with Gasteiger partial charge >= 0.3 is 15.5 Å². The summed E-state index contributed by atoms with van der Waals surface area (Å²) in [4.78, 5) is 0. The fourth-order valence-electron chi connectivity index (χ4n) is 0.682. The molecule has 0 aliphatic carbocycles. The van der Waals surface area contributed by atoms with Crippen molar-refractivity contribution < 1.29 is 25.9 Å². The molecular weight excluding hydrogens is 218 g/mol. The second kappa shape index (κ2) is 3.93. The van der Waals surface area contributed by atoms with Gasteiger partial charge in [0.05, 0.1) is 11.8 Å². The molecule has 8 heteroatoms. The number of rotatable bonds is 4. The second-order valence-corrected chi connectivity index (χ2v) is 5.56. The van der Waals surface area contributed by atoms with Gasteiger partial charge in [-0.25, -0.2) is 4.57 Å². The third-order valence-electron chi connectivity index (χ3n) is 1.32. The minimum absolute atomic E-state index is 0.359. The molecular formula is C4H8F4O2P2. The molecule has 0 aromatic rings. The summed E-state index contributed by atoms with van der Waals surface area (Å²) in [6, 6.07) is 0. The number of hydrogen-bond donors (Lipinski definition) is 0. The van der Waals surface area contributed by atoms with Crippen LogP contribution >= 0.6 is 15.5 Å². The van der Waals surface area contributed by atoms with Gasteiger partial charge in [-0.05, 0) is 6.42 Å². The summed E-state index contributed by atoms with van der Waals surface area (Å²) < 4.78 is 67.5. The van der Waals surface area contributed by atoms with Gasteiger partial charge in [0.25, 0.3) is 0 Å². The molecule has 0 radical (unpaired) electrons. The molecule has 0 aliphatic rings. The highest BCUT2D eigenvalue weighted by atomic mass is 31.2. The van der Waals surface area contributed by atoms with Crippen LogP contribution in [0.2, 0.25) is 0 Å². The molecule has 0 N–H and O–H groups in total. The lowest BCUT2D eigenvalue weighted by Crippen LogP contribution is -2.06. The van der Waals surface area contributed by atoms with Crippen LogP contribution in [0.25, 0.3) is 0 Å². The highest BCUT2D eigenvalue weighted by molar-refractivity contribution is 7.57. The van der Waals surface area contributed by atoms with Gasteiger partial charge in [0, 0.05) is 0 Å². The Balaban J connectivity index is 4.41. The molecule has 0 aromatic carbocycles. The van der Waals surface area contributed by atoms with Crippen molar-refractivity contribution in [3.8, 4) is 0 Å². The van der Waals surface area contributed by atoms with E-state index in [-0.39, 0.29) is 6.42 Å². The lowest BCUT2D eigenvalue weighted by atomic mass is 10.4. The smallest absolute Gasteiger partial charge is 0.250 e. The Hall–Kier alpha value is 0.180. The van der Waals surface area contributed by atoms with Crippen molar-refractivity contribution in [3.05, 3.63) is 0 Å². The summed E-state index contributed by atoms with van der Waals surface area (Å²) in [6.07, 6.45) is -1.81. The summed E-state index contributed by atoms with van der Waals surface area (Å²) in [5.74, 6) is 0. The van der Waals surface area contributed by atoms with Crippen molar-refractivity contribution >= 4 is 15.5 Å². The van der Waals surface area contributed by atoms with Crippen LogP contribution in [-0.2, 0) is 9.13 Å². The zero-order valence-corrected chi connectivity index (χ0v) is 8.00. The van der Waals surface area contributed by atoms with Gasteiger partial charge in [-0.15, -0.1) is 0 Å². The van der Waals surface area contributed by atoms with Gasteiger partial charge in [-0.2, -0.15) is 16.8 Å². The summed E-state index contributed by atoms with van der Waals surface area (Å²) in [5.41, 5.74) is -1.93. The standard InChI is InChI=1S/C4H8F4O2P2/c1-2-4(12(7,8)10)3-11(5,6)9/h4H,2-3H2,1H3. The molecule has 2 nitrogen and oxygen atoms in total. The van der Waals surface area contributed by atoms with E-state index in [9.17, 15) is 25.9 Å². The average Bonchev–Trinajstić information content (AvgIpc) is 1.78. The Morgan fingerprint density at radius 2 is 1.58 bits per heavy atom. The van der Waals surface area contributed by atoms with E-state index in [1.165, 1.54) is 6.92 Å². The minimum Gasteiger partial charge on any atom is -0.250 e. The average molecular weight is 226 g/mol. The van der Waals surface area contributed by atoms with Gasteiger partial charge in [0.1, 0.15) is 0 Å². The maximum atomic E-state index is 12.0. The second-order valence-electron chi connectivity index (χ2n) is 2.32. The van der Waals surface area contributed by atoms with E-state index in [1.807, 2.05) is 0 Å². The Labute approximate surface area is 67.6 Å². The normalized spacial score (nSPS) is 16.1. The molecule has 1 atom stereocenters. The van der Waals surface area contributed by atoms with Crippen LogP contribution < -0.4 is 0 Å². The van der Waals surface area contributed by atoms with Gasteiger partial charge in [-0.1, -0.05) is 6.92 Å². The summed E-state index contributed by atoms with van der Waals surface area (Å²) in [7, 11) is -11.0. The highest BCUT2D eigenvalue weighted by Gasteiger charge is 2.38. The van der Waals surface area contributed by atoms with Gasteiger partial charge in [0.2, 0.25) is 0 Å². The molecule has 1 unspecified atom stereocenters. The van der Waals surface area contributed by atoms with Crippen molar-refractivity contribution in [2.24, 2.45) is 0 Å². The summed E-state index contributed by atoms with van der Waals surface area (Å²) >= 11 is 0. The molecule has 0 aromatic heterocycles. The maximum absolute atomic E-state index is 12.0. The van der Waals surface area contributed by atoms with Crippen molar-refractivity contribution in [2.45, 2.75) is 19.0 Å². The molecule has 0 amide bonds. The SMILES string of the molecule is CCC(CP(=O)(F)F)P(=O)(F)F. The Morgan fingerprint density at radius 1 is 1.17 bits per heavy atom. The third kappa shape index (κ3) is 4.94. The van der Waals surface area contributed by atoms with Crippen molar-refractivity contribution in [2.75, 3.05) is 6.16 Å². The van der Waals surface area contributed by atoms with Gasteiger partial charge in [-0.3, -0.25) is 4.57 Å². The minimum atomic E-state index is -5.52. The zero-order chi connectivity index (χ0) is 9.99. The van der Waals surface area contributed by atoms with Crippen LogP contribution in [-0.4, -0.2) is 11.8 Å². The lowest BCUT2D eigenvalue weighted by molar-refractivity contribution is 0.464.